The van der Waals surface area contributed by atoms with E-state index in [1.807, 2.05) is 4.90 Å². The van der Waals surface area contributed by atoms with E-state index in [1.54, 1.807) is 12.2 Å². The van der Waals surface area contributed by atoms with Gasteiger partial charge in [0.15, 0.2) is 0 Å². The highest BCUT2D eigenvalue weighted by atomic mass is 79.9. The maximum atomic E-state index is 12.9. The molecule has 1 aromatic heterocycles. The molecule has 0 spiro atoms. The van der Waals surface area contributed by atoms with Crippen LogP contribution in [0.25, 0.3) is 15.6 Å². The molecule has 2 atom stereocenters. The summed E-state index contributed by atoms with van der Waals surface area (Å²) in [5.41, 5.74) is 4.62. The number of amides is 1. The number of piperazine rings is 1. The second-order valence-corrected chi connectivity index (χ2v) is 12.6. The number of likely N-dealkylation sites (N-methyl/N-ethyl adjacent to an activating group) is 1. The number of nitrogens with zero attached hydrogens (tertiary/aromatic N) is 7. The highest BCUT2D eigenvalue weighted by Crippen LogP contribution is 2.36. The Hall–Kier alpha value is -3.68. The van der Waals surface area contributed by atoms with Crippen molar-refractivity contribution in [3.63, 3.8) is 0 Å². The second kappa shape index (κ2) is 13.5. The molecule has 2 aromatic carbocycles. The number of ether oxygens (including phenoxy) is 1. The van der Waals surface area contributed by atoms with Gasteiger partial charge in [-0.3, -0.25) is 4.79 Å². The maximum Gasteiger partial charge on any atom is 0.318 e. The van der Waals surface area contributed by atoms with Crippen molar-refractivity contribution in [2.75, 3.05) is 68.1 Å². The van der Waals surface area contributed by atoms with Gasteiger partial charge in [0.05, 0.1) is 12.2 Å². The van der Waals surface area contributed by atoms with Crippen LogP contribution in [0.1, 0.15) is 29.7 Å². The fraction of sp³-hybridized carbons (Fsp3) is 0.471. The molecule has 10 heteroatoms. The minimum Gasteiger partial charge on any atom is -0.462 e. The summed E-state index contributed by atoms with van der Waals surface area (Å²) < 4.78 is 6.33. The van der Waals surface area contributed by atoms with Crippen LogP contribution in [0, 0.1) is 13.5 Å². The zero-order valence-electron chi connectivity index (χ0n) is 25.6. The van der Waals surface area contributed by atoms with Gasteiger partial charge in [-0.15, -0.1) is 0 Å². The molecule has 2 saturated heterocycles. The zero-order chi connectivity index (χ0) is 30.6. The van der Waals surface area contributed by atoms with E-state index in [0.717, 1.165) is 43.0 Å². The average Bonchev–Trinajstić information content (AvgIpc) is 3.46. The number of hydrogen-bond donors (Lipinski definition) is 0. The predicted octanol–water partition coefficient (Wildman–Crippen LogP) is 4.86. The summed E-state index contributed by atoms with van der Waals surface area (Å²) in [6.45, 7) is 14.9. The van der Waals surface area contributed by atoms with Crippen LogP contribution in [0.3, 0.4) is 0 Å². The quantitative estimate of drug-likeness (QED) is 0.195. The number of likely N-dealkylation sites (tertiary alicyclic amines) is 1. The summed E-state index contributed by atoms with van der Waals surface area (Å²) in [6.07, 6.45) is 6.50. The van der Waals surface area contributed by atoms with Crippen molar-refractivity contribution in [3.8, 4) is 6.01 Å². The van der Waals surface area contributed by atoms with Gasteiger partial charge in [-0.25, -0.2) is 6.57 Å². The summed E-state index contributed by atoms with van der Waals surface area (Å²) in [5.74, 6) is 0.838. The molecule has 0 bridgehead atoms. The lowest BCUT2D eigenvalue weighted by atomic mass is 9.99. The maximum absolute atomic E-state index is 12.9. The van der Waals surface area contributed by atoms with E-state index in [-0.39, 0.29) is 18.5 Å². The van der Waals surface area contributed by atoms with Gasteiger partial charge in [0, 0.05) is 54.2 Å². The van der Waals surface area contributed by atoms with Crippen molar-refractivity contribution in [1.29, 1.82) is 0 Å². The first-order chi connectivity index (χ1) is 21.5. The SMILES string of the molecule is [C-]#[N+]C[C@H]1CN(c2nc(OC[C@@H]3CCCN3C)nc3c2CCN(c2cccc4cccc(C)c24)C3)CCN1C(=O)/C=C/CBr. The topological polar surface area (TPSA) is 69.4 Å². The van der Waals surface area contributed by atoms with Crippen molar-refractivity contribution in [2.45, 2.75) is 44.8 Å². The van der Waals surface area contributed by atoms with Crippen molar-refractivity contribution < 1.29 is 9.53 Å². The molecule has 3 aromatic rings. The van der Waals surface area contributed by atoms with E-state index in [2.05, 4.69) is 85.8 Å². The fourth-order valence-corrected chi connectivity index (χ4v) is 7.08. The van der Waals surface area contributed by atoms with E-state index in [0.29, 0.717) is 50.2 Å². The van der Waals surface area contributed by atoms with Crippen molar-refractivity contribution in [1.82, 2.24) is 19.8 Å². The molecule has 9 nitrogen and oxygen atoms in total. The second-order valence-electron chi connectivity index (χ2n) is 12.0. The van der Waals surface area contributed by atoms with Crippen LogP contribution < -0.4 is 14.5 Å². The third kappa shape index (κ3) is 6.26. The molecule has 4 heterocycles. The first-order valence-electron chi connectivity index (χ1n) is 15.5. The Kier molecular flexibility index (Phi) is 9.33. The molecule has 44 heavy (non-hydrogen) atoms. The predicted molar refractivity (Wildman–Crippen MR) is 179 cm³/mol. The number of fused-ring (bicyclic) bond motifs is 2. The number of carbonyl (C=O) groups excluding carboxylic acids is 1. The number of benzene rings is 2. The zero-order valence-corrected chi connectivity index (χ0v) is 27.2. The normalized spacial score (nSPS) is 20.7. The van der Waals surface area contributed by atoms with Gasteiger partial charge in [-0.2, -0.15) is 9.97 Å². The summed E-state index contributed by atoms with van der Waals surface area (Å²) >= 11 is 3.35. The van der Waals surface area contributed by atoms with Crippen LogP contribution in [-0.2, 0) is 17.8 Å². The summed E-state index contributed by atoms with van der Waals surface area (Å²) in [5, 5.41) is 3.14. The summed E-state index contributed by atoms with van der Waals surface area (Å²) in [6, 6.07) is 13.6. The molecule has 1 amide bonds. The van der Waals surface area contributed by atoms with Crippen LogP contribution >= 0.6 is 15.9 Å². The molecule has 2 fully saturated rings. The molecule has 230 valence electrons. The number of allylic oxidation sites excluding steroid dienone is 1. The first-order valence-corrected chi connectivity index (χ1v) is 16.7. The largest absolute Gasteiger partial charge is 0.462 e. The third-order valence-corrected chi connectivity index (χ3v) is 9.62. The molecule has 0 saturated carbocycles. The van der Waals surface area contributed by atoms with Gasteiger partial charge in [0.2, 0.25) is 12.5 Å². The molecule has 0 N–H and O–H groups in total. The monoisotopic (exact) mass is 657 g/mol. The molecule has 0 aliphatic carbocycles. The van der Waals surface area contributed by atoms with E-state index >= 15 is 0 Å². The standard InChI is InChI=1S/C34H40BrN7O2/c1-24-8-4-9-25-10-5-12-30(32(24)25)40-17-14-28-29(22-40)37-34(44-23-26-11-7-16-39(26)3)38-33(28)41-18-19-42(27(21-41)20-36-2)31(43)13-6-15-35/h4-6,8-10,12-13,26-27H,7,11,14-23H2,1,3H3/b13-6+/t26-,27-/m0/s1. The number of aryl methyl sites for hydroxylation is 1. The minimum absolute atomic E-state index is 0.0480. The molecule has 3 aliphatic heterocycles. The Balaban J connectivity index is 1.32. The van der Waals surface area contributed by atoms with E-state index in [4.69, 9.17) is 21.3 Å². The number of anilines is 2. The Morgan fingerprint density at radius 2 is 1.95 bits per heavy atom. The summed E-state index contributed by atoms with van der Waals surface area (Å²) in [7, 11) is 2.15. The van der Waals surface area contributed by atoms with Gasteiger partial charge >= 0.3 is 6.01 Å². The van der Waals surface area contributed by atoms with Crippen LogP contribution in [0.2, 0.25) is 0 Å². The molecule has 0 radical (unpaired) electrons. The number of rotatable bonds is 8. The lowest BCUT2D eigenvalue weighted by molar-refractivity contribution is -0.128. The molecular weight excluding hydrogens is 618 g/mol. The van der Waals surface area contributed by atoms with Gasteiger partial charge in [-0.05, 0) is 62.9 Å². The first kappa shape index (κ1) is 30.4. The lowest BCUT2D eigenvalue weighted by Crippen LogP contribution is -2.56. The molecule has 6 rings (SSSR count). The van der Waals surface area contributed by atoms with Crippen LogP contribution in [0.15, 0.2) is 48.6 Å². The van der Waals surface area contributed by atoms with E-state index in [1.165, 1.54) is 28.4 Å². The fourth-order valence-electron chi connectivity index (χ4n) is 6.89. The smallest absolute Gasteiger partial charge is 0.318 e. The number of halogens is 1. The van der Waals surface area contributed by atoms with Gasteiger partial charge in [0.1, 0.15) is 18.5 Å². The minimum atomic E-state index is -0.213. The number of aromatic nitrogens is 2. The van der Waals surface area contributed by atoms with Gasteiger partial charge < -0.3 is 29.2 Å². The van der Waals surface area contributed by atoms with Crippen molar-refractivity contribution >= 4 is 44.1 Å². The Labute approximate surface area is 268 Å². The van der Waals surface area contributed by atoms with Crippen LogP contribution in [0.5, 0.6) is 6.01 Å². The van der Waals surface area contributed by atoms with E-state index < -0.39 is 0 Å². The number of carbonyl (C=O) groups is 1. The van der Waals surface area contributed by atoms with E-state index in [9.17, 15) is 4.79 Å². The Bertz CT molecular complexity index is 1580. The highest BCUT2D eigenvalue weighted by Gasteiger charge is 2.35. The van der Waals surface area contributed by atoms with Crippen molar-refractivity contribution in [3.05, 3.63) is 76.8 Å². The molecule has 0 unspecified atom stereocenters. The Morgan fingerprint density at radius 3 is 2.73 bits per heavy atom. The van der Waals surface area contributed by atoms with Crippen molar-refractivity contribution in [2.24, 2.45) is 0 Å². The molecular formula is C34H40BrN7O2. The summed E-state index contributed by atoms with van der Waals surface area (Å²) in [4.78, 5) is 35.5. The highest BCUT2D eigenvalue weighted by molar-refractivity contribution is 9.09. The number of hydrogen-bond acceptors (Lipinski definition) is 7. The third-order valence-electron chi connectivity index (χ3n) is 9.25. The van der Waals surface area contributed by atoms with Crippen LogP contribution in [-0.4, -0.2) is 96.0 Å². The van der Waals surface area contributed by atoms with Crippen LogP contribution in [0.4, 0.5) is 11.5 Å². The lowest BCUT2D eigenvalue weighted by Gasteiger charge is -2.41. The van der Waals surface area contributed by atoms with Gasteiger partial charge in [-0.1, -0.05) is 52.3 Å². The van der Waals surface area contributed by atoms with Gasteiger partial charge in [0.25, 0.3) is 0 Å². The Morgan fingerprint density at radius 1 is 1.11 bits per heavy atom. The number of alkyl halides is 1. The average molecular weight is 659 g/mol. The molecule has 3 aliphatic rings.